The molecule has 0 aromatic heterocycles. The van der Waals surface area contributed by atoms with Gasteiger partial charge in [0.2, 0.25) is 0 Å². The van der Waals surface area contributed by atoms with Crippen LogP contribution in [0.5, 0.6) is 0 Å². The molecule has 0 amide bonds. The molecule has 90 valence electrons. The van der Waals surface area contributed by atoms with Gasteiger partial charge in [0.1, 0.15) is 5.78 Å². The molecule has 3 nitrogen and oxygen atoms in total. The fraction of sp³-hybridized carbons (Fsp3) is 0.692. The van der Waals surface area contributed by atoms with Crippen molar-refractivity contribution in [2.45, 2.75) is 40.0 Å². The number of ketones is 1. The Morgan fingerprint density at radius 2 is 2.12 bits per heavy atom. The average molecular weight is 224 g/mol. The second-order valence-electron chi connectivity index (χ2n) is 5.03. The van der Waals surface area contributed by atoms with E-state index in [0.717, 1.165) is 18.4 Å². The van der Waals surface area contributed by atoms with Crippen molar-refractivity contribution in [3.8, 4) is 0 Å². The SMILES string of the molecule is COC(=O)C/C=C1/C(C(C)=O)CCC1(C)C. The molecule has 0 aromatic rings. The molecule has 1 unspecified atom stereocenters. The van der Waals surface area contributed by atoms with Crippen LogP contribution < -0.4 is 0 Å². The lowest BCUT2D eigenvalue weighted by molar-refractivity contribution is -0.139. The second kappa shape index (κ2) is 4.81. The maximum atomic E-state index is 11.5. The van der Waals surface area contributed by atoms with E-state index in [4.69, 9.17) is 0 Å². The first kappa shape index (κ1) is 12.9. The first-order valence-electron chi connectivity index (χ1n) is 5.66. The first-order valence-corrected chi connectivity index (χ1v) is 5.66. The van der Waals surface area contributed by atoms with Crippen molar-refractivity contribution < 1.29 is 14.3 Å². The minimum absolute atomic E-state index is 0.000318. The Morgan fingerprint density at radius 3 is 2.62 bits per heavy atom. The van der Waals surface area contributed by atoms with Gasteiger partial charge in [-0.2, -0.15) is 0 Å². The summed E-state index contributed by atoms with van der Waals surface area (Å²) in [5, 5.41) is 0. The van der Waals surface area contributed by atoms with E-state index in [9.17, 15) is 9.59 Å². The third kappa shape index (κ3) is 2.71. The van der Waals surface area contributed by atoms with Crippen molar-refractivity contribution in [3.05, 3.63) is 11.6 Å². The van der Waals surface area contributed by atoms with Gasteiger partial charge in [-0.3, -0.25) is 9.59 Å². The number of ether oxygens (including phenoxy) is 1. The number of Topliss-reactive ketones (excluding diaryl/α,β-unsaturated/α-hetero) is 1. The van der Waals surface area contributed by atoms with Crippen LogP contribution in [0.3, 0.4) is 0 Å². The van der Waals surface area contributed by atoms with Gasteiger partial charge in [0, 0.05) is 5.92 Å². The standard InChI is InChI=1S/C13H20O3/c1-9(14)10-7-8-13(2,3)11(10)5-6-12(15)16-4/h5,10H,6-8H2,1-4H3/b11-5-. The normalized spacial score (nSPS) is 25.8. The number of carbonyl (C=O) groups is 2. The van der Waals surface area contributed by atoms with Gasteiger partial charge >= 0.3 is 5.97 Å². The summed E-state index contributed by atoms with van der Waals surface area (Å²) in [6.45, 7) is 5.87. The minimum Gasteiger partial charge on any atom is -0.469 e. The Bertz CT molecular complexity index is 326. The first-order chi connectivity index (χ1) is 7.38. The quantitative estimate of drug-likeness (QED) is 0.546. The Balaban J connectivity index is 2.86. The van der Waals surface area contributed by atoms with Gasteiger partial charge < -0.3 is 4.74 Å². The zero-order chi connectivity index (χ0) is 12.3. The van der Waals surface area contributed by atoms with E-state index < -0.39 is 0 Å². The summed E-state index contributed by atoms with van der Waals surface area (Å²) in [4.78, 5) is 22.6. The number of allylic oxidation sites excluding steroid dienone is 1. The highest BCUT2D eigenvalue weighted by atomic mass is 16.5. The van der Waals surface area contributed by atoms with Gasteiger partial charge in [0.15, 0.2) is 0 Å². The lowest BCUT2D eigenvalue weighted by Gasteiger charge is -2.22. The highest BCUT2D eigenvalue weighted by Crippen LogP contribution is 2.46. The Kier molecular flexibility index (Phi) is 3.89. The van der Waals surface area contributed by atoms with Crippen LogP contribution in [0.25, 0.3) is 0 Å². The van der Waals surface area contributed by atoms with Crippen LogP contribution in [-0.2, 0) is 14.3 Å². The van der Waals surface area contributed by atoms with E-state index in [1.807, 2.05) is 6.08 Å². The molecule has 0 heterocycles. The molecule has 0 aliphatic heterocycles. The summed E-state index contributed by atoms with van der Waals surface area (Å²) in [6.07, 6.45) is 4.05. The molecule has 0 bridgehead atoms. The minimum atomic E-state index is -0.252. The molecular weight excluding hydrogens is 204 g/mol. The molecule has 0 spiro atoms. The van der Waals surface area contributed by atoms with Crippen molar-refractivity contribution in [1.82, 2.24) is 0 Å². The van der Waals surface area contributed by atoms with Gasteiger partial charge in [-0.25, -0.2) is 0 Å². The van der Waals surface area contributed by atoms with Gasteiger partial charge in [-0.1, -0.05) is 25.5 Å². The molecule has 0 saturated heterocycles. The highest BCUT2D eigenvalue weighted by molar-refractivity contribution is 5.82. The number of carbonyl (C=O) groups excluding carboxylic acids is 2. The van der Waals surface area contributed by atoms with Crippen LogP contribution in [0.2, 0.25) is 0 Å². The molecule has 0 aromatic carbocycles. The fourth-order valence-electron chi connectivity index (χ4n) is 2.39. The largest absolute Gasteiger partial charge is 0.469 e. The van der Waals surface area contributed by atoms with Crippen LogP contribution in [0.1, 0.15) is 40.0 Å². The monoisotopic (exact) mass is 224 g/mol. The van der Waals surface area contributed by atoms with Crippen LogP contribution in [-0.4, -0.2) is 18.9 Å². The van der Waals surface area contributed by atoms with Gasteiger partial charge in [0.05, 0.1) is 13.5 Å². The number of hydrogen-bond acceptors (Lipinski definition) is 3. The zero-order valence-electron chi connectivity index (χ0n) is 10.5. The van der Waals surface area contributed by atoms with Gasteiger partial charge in [-0.15, -0.1) is 0 Å². The van der Waals surface area contributed by atoms with Gasteiger partial charge in [0.25, 0.3) is 0 Å². The zero-order valence-corrected chi connectivity index (χ0v) is 10.5. The lowest BCUT2D eigenvalue weighted by Crippen LogP contribution is -2.16. The number of esters is 1. The maximum Gasteiger partial charge on any atom is 0.309 e. The molecule has 16 heavy (non-hydrogen) atoms. The van der Waals surface area contributed by atoms with Gasteiger partial charge in [-0.05, 0) is 25.2 Å². The number of methoxy groups -OCH3 is 1. The van der Waals surface area contributed by atoms with E-state index in [1.165, 1.54) is 7.11 Å². The fourth-order valence-corrected chi connectivity index (χ4v) is 2.39. The Hall–Kier alpha value is -1.12. The molecule has 1 fully saturated rings. The smallest absolute Gasteiger partial charge is 0.309 e. The van der Waals surface area contributed by atoms with Crippen molar-refractivity contribution in [2.24, 2.45) is 11.3 Å². The maximum absolute atomic E-state index is 11.5. The van der Waals surface area contributed by atoms with E-state index in [0.29, 0.717) is 0 Å². The predicted molar refractivity (Wildman–Crippen MR) is 61.9 cm³/mol. The third-order valence-electron chi connectivity index (χ3n) is 3.42. The average Bonchev–Trinajstić information content (AvgIpc) is 2.50. The molecular formula is C13H20O3. The highest BCUT2D eigenvalue weighted by Gasteiger charge is 2.38. The molecule has 1 aliphatic rings. The van der Waals surface area contributed by atoms with Crippen LogP contribution in [0.4, 0.5) is 0 Å². The summed E-state index contributed by atoms with van der Waals surface area (Å²) < 4.78 is 4.61. The molecule has 3 heteroatoms. The van der Waals surface area contributed by atoms with Crippen molar-refractivity contribution in [1.29, 1.82) is 0 Å². The molecule has 0 radical (unpaired) electrons. The van der Waals surface area contributed by atoms with Crippen LogP contribution in [0, 0.1) is 11.3 Å². The molecule has 1 atom stereocenters. The predicted octanol–water partition coefficient (Wildman–Crippen LogP) is 2.50. The summed E-state index contributed by atoms with van der Waals surface area (Å²) in [7, 11) is 1.38. The van der Waals surface area contributed by atoms with Crippen molar-refractivity contribution in [3.63, 3.8) is 0 Å². The molecule has 1 rings (SSSR count). The summed E-state index contributed by atoms with van der Waals surface area (Å²) in [6, 6.07) is 0. The van der Waals surface area contributed by atoms with Crippen molar-refractivity contribution >= 4 is 11.8 Å². The van der Waals surface area contributed by atoms with Crippen molar-refractivity contribution in [2.75, 3.05) is 7.11 Å². The molecule has 0 N–H and O–H groups in total. The summed E-state index contributed by atoms with van der Waals surface area (Å²) in [5.41, 5.74) is 1.13. The third-order valence-corrected chi connectivity index (χ3v) is 3.42. The number of rotatable bonds is 3. The lowest BCUT2D eigenvalue weighted by atomic mass is 9.83. The van der Waals surface area contributed by atoms with E-state index in [1.54, 1.807) is 6.92 Å². The molecule has 1 aliphatic carbocycles. The number of hydrogen-bond donors (Lipinski definition) is 0. The van der Waals surface area contributed by atoms with E-state index in [2.05, 4.69) is 18.6 Å². The van der Waals surface area contributed by atoms with E-state index in [-0.39, 0.29) is 29.5 Å². The Labute approximate surface area is 96.9 Å². The second-order valence-corrected chi connectivity index (χ2v) is 5.03. The summed E-state index contributed by atoms with van der Waals surface area (Å²) >= 11 is 0. The van der Waals surface area contributed by atoms with Crippen LogP contribution in [0.15, 0.2) is 11.6 Å². The molecule has 1 saturated carbocycles. The topological polar surface area (TPSA) is 43.4 Å². The Morgan fingerprint density at radius 1 is 1.50 bits per heavy atom. The van der Waals surface area contributed by atoms with Crippen LogP contribution >= 0.6 is 0 Å². The summed E-state index contributed by atoms with van der Waals surface area (Å²) in [5.74, 6) is -0.0566. The van der Waals surface area contributed by atoms with E-state index >= 15 is 0 Å².